The lowest BCUT2D eigenvalue weighted by molar-refractivity contribution is 0.102. The molecule has 3 rings (SSSR count). The van der Waals surface area contributed by atoms with Crippen molar-refractivity contribution in [2.45, 2.75) is 13.8 Å². The van der Waals surface area contributed by atoms with Gasteiger partial charge < -0.3 is 10.6 Å². The lowest BCUT2D eigenvalue weighted by Crippen LogP contribution is -2.15. The van der Waals surface area contributed by atoms with Gasteiger partial charge in [-0.05, 0) is 55.3 Å². The maximum absolute atomic E-state index is 12.3. The van der Waals surface area contributed by atoms with Gasteiger partial charge in [0.1, 0.15) is 11.5 Å². The quantitative estimate of drug-likeness (QED) is 0.711. The van der Waals surface area contributed by atoms with E-state index in [2.05, 4.69) is 20.6 Å². The first-order valence-electron chi connectivity index (χ1n) is 7.74. The van der Waals surface area contributed by atoms with Crippen molar-refractivity contribution in [2.75, 3.05) is 10.6 Å². The minimum atomic E-state index is -0.319. The van der Waals surface area contributed by atoms with Crippen LogP contribution < -0.4 is 10.6 Å². The summed E-state index contributed by atoms with van der Waals surface area (Å²) < 4.78 is 0. The molecule has 6 heteroatoms. The molecule has 0 aliphatic heterocycles. The van der Waals surface area contributed by atoms with Gasteiger partial charge in [0.05, 0.1) is 12.4 Å². The van der Waals surface area contributed by atoms with Gasteiger partial charge in [-0.25, -0.2) is 9.97 Å². The summed E-state index contributed by atoms with van der Waals surface area (Å²) >= 11 is 5.92. The van der Waals surface area contributed by atoms with Crippen LogP contribution in [-0.2, 0) is 0 Å². The Morgan fingerprint density at radius 2 is 1.88 bits per heavy atom. The SMILES string of the molecule is Cc1cccc(Nc2cnc(C(=O)Nc3ccc(Cl)cc3C)cn2)c1. The van der Waals surface area contributed by atoms with Gasteiger partial charge in [-0.1, -0.05) is 23.7 Å². The highest BCUT2D eigenvalue weighted by Gasteiger charge is 2.10. The highest BCUT2D eigenvalue weighted by molar-refractivity contribution is 6.30. The average Bonchev–Trinajstić information content (AvgIpc) is 2.58. The molecule has 0 fully saturated rings. The van der Waals surface area contributed by atoms with E-state index in [1.807, 2.05) is 38.1 Å². The maximum Gasteiger partial charge on any atom is 0.275 e. The van der Waals surface area contributed by atoms with Crippen LogP contribution in [0.3, 0.4) is 0 Å². The Morgan fingerprint density at radius 3 is 2.56 bits per heavy atom. The number of benzene rings is 2. The molecular weight excluding hydrogens is 336 g/mol. The van der Waals surface area contributed by atoms with Crippen LogP contribution in [0.2, 0.25) is 5.02 Å². The van der Waals surface area contributed by atoms with Crippen LogP contribution in [0.4, 0.5) is 17.2 Å². The van der Waals surface area contributed by atoms with Crippen LogP contribution in [0.25, 0.3) is 0 Å². The molecule has 1 aromatic heterocycles. The third-order valence-electron chi connectivity index (χ3n) is 3.61. The lowest BCUT2D eigenvalue weighted by atomic mass is 10.2. The van der Waals surface area contributed by atoms with Gasteiger partial charge in [0.2, 0.25) is 0 Å². The molecule has 0 aliphatic carbocycles. The molecule has 0 saturated heterocycles. The van der Waals surface area contributed by atoms with Crippen molar-refractivity contribution in [3.05, 3.63) is 76.7 Å². The number of nitrogens with one attached hydrogen (secondary N) is 2. The van der Waals surface area contributed by atoms with E-state index in [9.17, 15) is 4.79 Å². The first kappa shape index (κ1) is 16.9. The van der Waals surface area contributed by atoms with Crippen molar-refractivity contribution < 1.29 is 4.79 Å². The van der Waals surface area contributed by atoms with E-state index in [1.54, 1.807) is 18.2 Å². The van der Waals surface area contributed by atoms with Crippen LogP contribution in [0.15, 0.2) is 54.9 Å². The highest BCUT2D eigenvalue weighted by atomic mass is 35.5. The third kappa shape index (κ3) is 4.33. The number of anilines is 3. The van der Waals surface area contributed by atoms with Crippen molar-refractivity contribution in [1.82, 2.24) is 9.97 Å². The zero-order chi connectivity index (χ0) is 17.8. The molecular formula is C19H17ClN4O. The fraction of sp³-hybridized carbons (Fsp3) is 0.105. The molecule has 1 amide bonds. The zero-order valence-corrected chi connectivity index (χ0v) is 14.6. The molecule has 0 aliphatic rings. The van der Waals surface area contributed by atoms with Crippen molar-refractivity contribution in [2.24, 2.45) is 0 Å². The smallest absolute Gasteiger partial charge is 0.275 e. The van der Waals surface area contributed by atoms with Gasteiger partial charge in [0, 0.05) is 16.4 Å². The summed E-state index contributed by atoms with van der Waals surface area (Å²) in [5.41, 5.74) is 3.88. The molecule has 25 heavy (non-hydrogen) atoms. The predicted octanol–water partition coefficient (Wildman–Crippen LogP) is 4.74. The molecule has 5 nitrogen and oxygen atoms in total. The number of carbonyl (C=O) groups excluding carboxylic acids is 1. The normalized spacial score (nSPS) is 10.4. The number of amides is 1. The topological polar surface area (TPSA) is 66.9 Å². The molecule has 0 saturated carbocycles. The Bertz CT molecular complexity index is 910. The first-order chi connectivity index (χ1) is 12.0. The molecule has 126 valence electrons. The number of carbonyl (C=O) groups is 1. The second kappa shape index (κ2) is 7.32. The molecule has 2 N–H and O–H groups in total. The molecule has 2 aromatic carbocycles. The fourth-order valence-electron chi connectivity index (χ4n) is 2.33. The van der Waals surface area contributed by atoms with Gasteiger partial charge in [-0.2, -0.15) is 0 Å². The molecule has 1 heterocycles. The number of aryl methyl sites for hydroxylation is 2. The largest absolute Gasteiger partial charge is 0.339 e. The second-order valence-electron chi connectivity index (χ2n) is 5.69. The zero-order valence-electron chi connectivity index (χ0n) is 13.9. The van der Waals surface area contributed by atoms with E-state index in [-0.39, 0.29) is 11.6 Å². The summed E-state index contributed by atoms with van der Waals surface area (Å²) in [4.78, 5) is 20.7. The molecule has 0 unspecified atom stereocenters. The average molecular weight is 353 g/mol. The van der Waals surface area contributed by atoms with Gasteiger partial charge in [0.25, 0.3) is 5.91 Å². The summed E-state index contributed by atoms with van der Waals surface area (Å²) in [5.74, 6) is 0.254. The molecule has 0 radical (unpaired) electrons. The minimum Gasteiger partial charge on any atom is -0.339 e. The Labute approximate surface area is 151 Å². The van der Waals surface area contributed by atoms with Crippen molar-refractivity contribution >= 4 is 34.7 Å². The molecule has 0 spiro atoms. The number of hydrogen-bond acceptors (Lipinski definition) is 4. The predicted molar refractivity (Wildman–Crippen MR) is 101 cm³/mol. The maximum atomic E-state index is 12.3. The summed E-state index contributed by atoms with van der Waals surface area (Å²) in [6.07, 6.45) is 2.98. The summed E-state index contributed by atoms with van der Waals surface area (Å²) in [6, 6.07) is 13.2. The van der Waals surface area contributed by atoms with Gasteiger partial charge >= 0.3 is 0 Å². The number of nitrogens with zero attached hydrogens (tertiary/aromatic N) is 2. The summed E-state index contributed by atoms with van der Waals surface area (Å²) in [7, 11) is 0. The van der Waals surface area contributed by atoms with Crippen LogP contribution >= 0.6 is 11.6 Å². The minimum absolute atomic E-state index is 0.240. The van der Waals surface area contributed by atoms with E-state index >= 15 is 0 Å². The Kier molecular flexibility index (Phi) is 4.95. The standard InChI is InChI=1S/C19H17ClN4O/c1-12-4-3-5-15(8-12)23-18-11-21-17(10-22-18)19(25)24-16-7-6-14(20)9-13(16)2/h3-11H,1-2H3,(H,22,23)(H,24,25). The molecule has 0 atom stereocenters. The van der Waals surface area contributed by atoms with Gasteiger partial charge in [-0.15, -0.1) is 0 Å². The Morgan fingerprint density at radius 1 is 1.04 bits per heavy atom. The van der Waals surface area contributed by atoms with Gasteiger partial charge in [0.15, 0.2) is 0 Å². The van der Waals surface area contributed by atoms with Crippen molar-refractivity contribution in [3.63, 3.8) is 0 Å². The monoisotopic (exact) mass is 352 g/mol. The van der Waals surface area contributed by atoms with Crippen molar-refractivity contribution in [1.29, 1.82) is 0 Å². The van der Waals surface area contributed by atoms with E-state index in [4.69, 9.17) is 11.6 Å². The second-order valence-corrected chi connectivity index (χ2v) is 6.13. The van der Waals surface area contributed by atoms with E-state index in [1.165, 1.54) is 12.4 Å². The first-order valence-corrected chi connectivity index (χ1v) is 8.12. The Balaban J connectivity index is 1.70. The van der Waals surface area contributed by atoms with E-state index in [0.29, 0.717) is 16.5 Å². The molecule has 0 bridgehead atoms. The summed E-state index contributed by atoms with van der Waals surface area (Å²) in [6.45, 7) is 3.89. The van der Waals surface area contributed by atoms with Crippen LogP contribution in [0, 0.1) is 13.8 Å². The molecule has 3 aromatic rings. The van der Waals surface area contributed by atoms with Crippen LogP contribution in [-0.4, -0.2) is 15.9 Å². The van der Waals surface area contributed by atoms with E-state index in [0.717, 1.165) is 16.8 Å². The van der Waals surface area contributed by atoms with Crippen molar-refractivity contribution in [3.8, 4) is 0 Å². The number of rotatable bonds is 4. The number of aromatic nitrogens is 2. The number of hydrogen-bond donors (Lipinski definition) is 2. The summed E-state index contributed by atoms with van der Waals surface area (Å²) in [5, 5.41) is 6.59. The van der Waals surface area contributed by atoms with Crippen LogP contribution in [0.1, 0.15) is 21.6 Å². The fourth-order valence-corrected chi connectivity index (χ4v) is 2.56. The third-order valence-corrected chi connectivity index (χ3v) is 3.85. The lowest BCUT2D eigenvalue weighted by Gasteiger charge is -2.09. The Hall–Kier alpha value is -2.92. The van der Waals surface area contributed by atoms with Crippen LogP contribution in [0.5, 0.6) is 0 Å². The number of halogens is 1. The highest BCUT2D eigenvalue weighted by Crippen LogP contribution is 2.20. The van der Waals surface area contributed by atoms with E-state index < -0.39 is 0 Å². The van der Waals surface area contributed by atoms with Gasteiger partial charge in [-0.3, -0.25) is 4.79 Å².